The van der Waals surface area contributed by atoms with Gasteiger partial charge in [0.2, 0.25) is 11.8 Å². The summed E-state index contributed by atoms with van der Waals surface area (Å²) < 4.78 is 28.7. The van der Waals surface area contributed by atoms with Gasteiger partial charge in [-0.1, -0.05) is 63.1 Å². The average Bonchev–Trinajstić information content (AvgIpc) is 3.21. The third-order valence-corrected chi connectivity index (χ3v) is 10.2. The minimum atomic E-state index is -0.537. The quantitative estimate of drug-likeness (QED) is 0.0696. The van der Waals surface area contributed by atoms with Crippen molar-refractivity contribution in [1.29, 1.82) is 0 Å². The number of nitrogens with one attached hydrogen (secondary N) is 2. The van der Waals surface area contributed by atoms with Crippen LogP contribution in [0.5, 0.6) is 0 Å². The molecular formula is C51H69ClF2N4O5. The molecule has 1 aliphatic heterocycles. The lowest BCUT2D eigenvalue weighted by atomic mass is 9.93. The van der Waals surface area contributed by atoms with Crippen LogP contribution in [0.3, 0.4) is 0 Å². The van der Waals surface area contributed by atoms with Gasteiger partial charge < -0.3 is 26.0 Å². The van der Waals surface area contributed by atoms with Crippen LogP contribution in [0, 0.1) is 23.5 Å². The number of ether oxygens (including phenoxy) is 1. The number of aryl methyl sites for hydroxylation is 1. The van der Waals surface area contributed by atoms with Gasteiger partial charge in [-0.2, -0.15) is 0 Å². The highest BCUT2D eigenvalue weighted by molar-refractivity contribution is 6.30. The topological polar surface area (TPSA) is 131 Å². The molecule has 4 aromatic carbocycles. The number of hydrogen-bond acceptors (Lipinski definition) is 6. The molecule has 12 heteroatoms. The van der Waals surface area contributed by atoms with Gasteiger partial charge in [0.25, 0.3) is 5.91 Å². The van der Waals surface area contributed by atoms with Crippen LogP contribution >= 0.6 is 11.6 Å². The molecule has 9 nitrogen and oxygen atoms in total. The zero-order chi connectivity index (χ0) is 47.1. The molecule has 0 saturated heterocycles. The van der Waals surface area contributed by atoms with E-state index in [1.54, 1.807) is 31.2 Å². The fourth-order valence-electron chi connectivity index (χ4n) is 6.72. The van der Waals surface area contributed by atoms with Crippen molar-refractivity contribution in [2.24, 2.45) is 11.8 Å². The first-order valence-electron chi connectivity index (χ1n) is 21.9. The number of fused-ring (bicyclic) bond motifs is 1. The number of halogens is 3. The van der Waals surface area contributed by atoms with Gasteiger partial charge in [0, 0.05) is 66.9 Å². The highest BCUT2D eigenvalue weighted by atomic mass is 35.5. The highest BCUT2D eigenvalue weighted by Crippen LogP contribution is 2.34. The van der Waals surface area contributed by atoms with Gasteiger partial charge in [-0.05, 0) is 156 Å². The minimum Gasteiger partial charge on any atom is -0.460 e. The summed E-state index contributed by atoms with van der Waals surface area (Å²) in [6, 6.07) is 25.8. The van der Waals surface area contributed by atoms with Crippen molar-refractivity contribution in [2.75, 3.05) is 23.7 Å². The second kappa shape index (κ2) is 27.7. The molecule has 4 N–H and O–H groups in total. The number of anilines is 2. The number of nitrogen functional groups attached to an aromatic ring is 1. The molecule has 5 rings (SSSR count). The number of hydrogen-bond donors (Lipinski definition) is 3. The third kappa shape index (κ3) is 21.6. The molecule has 0 aliphatic carbocycles. The number of carbonyl (C=O) groups is 4. The molecule has 0 spiro atoms. The molecule has 63 heavy (non-hydrogen) atoms. The molecule has 0 radical (unpaired) electrons. The maximum absolute atomic E-state index is 12.6. The summed E-state index contributed by atoms with van der Waals surface area (Å²) in [7, 11) is 0. The Morgan fingerprint density at radius 1 is 0.825 bits per heavy atom. The number of rotatable bonds is 13. The number of amides is 3. The zero-order valence-electron chi connectivity index (χ0n) is 38.7. The summed E-state index contributed by atoms with van der Waals surface area (Å²) in [6.07, 6.45) is 7.61. The van der Waals surface area contributed by atoms with Crippen LogP contribution in [-0.2, 0) is 25.5 Å². The second-order valence-electron chi connectivity index (χ2n) is 17.1. The number of nitrogens with two attached hydrogens (primary N) is 1. The van der Waals surface area contributed by atoms with Crippen molar-refractivity contribution < 1.29 is 32.7 Å². The van der Waals surface area contributed by atoms with Gasteiger partial charge in [0.05, 0.1) is 0 Å². The summed E-state index contributed by atoms with van der Waals surface area (Å²) in [5, 5.41) is 6.81. The smallest absolute Gasteiger partial charge is 0.303 e. The largest absolute Gasteiger partial charge is 0.460 e. The first-order chi connectivity index (χ1) is 29.7. The van der Waals surface area contributed by atoms with E-state index in [4.69, 9.17) is 22.1 Å². The van der Waals surface area contributed by atoms with Gasteiger partial charge in [-0.25, -0.2) is 8.78 Å². The summed E-state index contributed by atoms with van der Waals surface area (Å²) in [6.45, 7) is 18.4. The summed E-state index contributed by atoms with van der Waals surface area (Å²) in [5.74, 6) is -0.366. The lowest BCUT2D eigenvalue weighted by Crippen LogP contribution is -2.40. The third-order valence-electron chi connectivity index (χ3n) is 9.93. The average molecular weight is 892 g/mol. The number of esters is 1. The molecule has 0 aromatic heterocycles. The molecule has 2 atom stereocenters. The van der Waals surface area contributed by atoms with E-state index in [1.165, 1.54) is 30.7 Å². The van der Waals surface area contributed by atoms with Crippen LogP contribution in [0.2, 0.25) is 5.02 Å². The van der Waals surface area contributed by atoms with Crippen LogP contribution in [-0.4, -0.2) is 48.4 Å². The van der Waals surface area contributed by atoms with Crippen molar-refractivity contribution in [3.63, 3.8) is 0 Å². The Balaban J connectivity index is 0.000000454. The molecule has 4 aromatic rings. The SMILES string of the molecule is CC(=O)OC(C)(C)C.CCC(CCC(C)C)C(=O)NCCCCCNC(=O)c1ccc(-c2ccc3c(c2)CC[C@H](C)N3C(C)=O)cc1.Fc1cccc(F)c1.Nc1ccc(Cl)cc1. The van der Waals surface area contributed by atoms with E-state index in [9.17, 15) is 28.0 Å². The molecule has 1 aliphatic rings. The van der Waals surface area contributed by atoms with E-state index in [0.29, 0.717) is 24.6 Å². The maximum Gasteiger partial charge on any atom is 0.303 e. The lowest BCUT2D eigenvalue weighted by Gasteiger charge is -2.34. The van der Waals surface area contributed by atoms with Crippen molar-refractivity contribution in [2.45, 2.75) is 125 Å². The van der Waals surface area contributed by atoms with E-state index >= 15 is 0 Å². The minimum absolute atomic E-state index is 0.0673. The van der Waals surface area contributed by atoms with Crippen molar-refractivity contribution in [3.05, 3.63) is 119 Å². The van der Waals surface area contributed by atoms with E-state index in [1.807, 2.05) is 56.0 Å². The van der Waals surface area contributed by atoms with Crippen LogP contribution in [0.1, 0.15) is 123 Å². The Hall–Kier alpha value is -5.29. The molecule has 1 heterocycles. The summed E-state index contributed by atoms with van der Waals surface area (Å²) >= 11 is 5.56. The first kappa shape index (κ1) is 53.8. The van der Waals surface area contributed by atoms with Crippen LogP contribution in [0.15, 0.2) is 91.0 Å². The molecule has 0 fully saturated rings. The molecule has 0 bridgehead atoms. The van der Waals surface area contributed by atoms with E-state index in [0.717, 1.165) is 85.0 Å². The Bertz CT molecular complexity index is 1980. The van der Waals surface area contributed by atoms with Gasteiger partial charge in [0.15, 0.2) is 0 Å². The van der Waals surface area contributed by atoms with E-state index < -0.39 is 11.6 Å². The lowest BCUT2D eigenvalue weighted by molar-refractivity contribution is -0.151. The number of unbranched alkanes of at least 4 members (excludes halogenated alkanes) is 2. The molecule has 0 saturated carbocycles. The van der Waals surface area contributed by atoms with Crippen molar-refractivity contribution >= 4 is 46.7 Å². The molecule has 3 amide bonds. The van der Waals surface area contributed by atoms with Crippen molar-refractivity contribution in [3.8, 4) is 11.1 Å². The predicted molar refractivity (Wildman–Crippen MR) is 254 cm³/mol. The maximum atomic E-state index is 12.6. The summed E-state index contributed by atoms with van der Waals surface area (Å²) in [4.78, 5) is 49.2. The van der Waals surface area contributed by atoms with Crippen LogP contribution in [0.25, 0.3) is 11.1 Å². The fraction of sp³-hybridized carbons (Fsp3) is 0.451. The van der Waals surface area contributed by atoms with E-state index in [-0.39, 0.29) is 41.3 Å². The standard InChI is InChI=1S/C33H47N3O3.C6H6ClN.C6H4F2.C6H12O2/c1-6-26(12-10-23(2)3)32(38)34-20-8-7-9-21-35-33(39)28-16-14-27(15-17-28)29-18-19-31-30(22-29)13-11-24(4)36(31)25(5)37;7-5-1-3-6(8)4-2-5;7-5-2-1-3-6(8)4-5;1-5(7)8-6(2,3)4/h14-19,22-24,26H,6-13,20-21H2,1-5H3,(H,34,38)(H,35,39);1-4H,8H2;1-4H;1-4H3/t24-,26?;;;/m0.../s1. The van der Waals surface area contributed by atoms with Crippen LogP contribution < -0.4 is 21.3 Å². The molecule has 1 unspecified atom stereocenters. The van der Waals surface area contributed by atoms with E-state index in [2.05, 4.69) is 50.5 Å². The Morgan fingerprint density at radius 2 is 1.41 bits per heavy atom. The zero-order valence-corrected chi connectivity index (χ0v) is 39.4. The Kier molecular flexibility index (Phi) is 23.7. The number of nitrogens with zero attached hydrogens (tertiary/aromatic N) is 1. The van der Waals surface area contributed by atoms with Crippen LogP contribution in [0.4, 0.5) is 20.2 Å². The Labute approximate surface area is 379 Å². The first-order valence-corrected chi connectivity index (χ1v) is 22.3. The normalized spacial score (nSPS) is 13.3. The van der Waals surface area contributed by atoms with Crippen molar-refractivity contribution in [1.82, 2.24) is 10.6 Å². The Morgan fingerprint density at radius 3 is 1.89 bits per heavy atom. The highest BCUT2D eigenvalue weighted by Gasteiger charge is 2.26. The molecule has 344 valence electrons. The molecular weight excluding hydrogens is 822 g/mol. The van der Waals surface area contributed by atoms with Gasteiger partial charge in [0.1, 0.15) is 17.2 Å². The predicted octanol–water partition coefficient (Wildman–Crippen LogP) is 11.8. The van der Waals surface area contributed by atoms with Gasteiger partial charge in [-0.15, -0.1) is 0 Å². The summed E-state index contributed by atoms with van der Waals surface area (Å²) in [5.41, 5.74) is 10.8. The number of carbonyl (C=O) groups excluding carboxylic acids is 4. The van der Waals surface area contributed by atoms with Gasteiger partial charge >= 0.3 is 5.97 Å². The number of benzene rings is 4. The van der Waals surface area contributed by atoms with Gasteiger partial charge in [-0.3, -0.25) is 19.2 Å². The fourth-order valence-corrected chi connectivity index (χ4v) is 6.85. The second-order valence-corrected chi connectivity index (χ2v) is 17.5. The monoisotopic (exact) mass is 890 g/mol.